The van der Waals surface area contributed by atoms with E-state index in [9.17, 15) is 14.7 Å². The molecule has 130 valence electrons. The van der Waals surface area contributed by atoms with Crippen LogP contribution in [0.25, 0.3) is 11.4 Å². The lowest BCUT2D eigenvalue weighted by atomic mass is 9.84. The average molecular weight is 340 g/mol. The first-order chi connectivity index (χ1) is 12.1. The molecule has 1 saturated carbocycles. The van der Waals surface area contributed by atoms with Gasteiger partial charge in [0, 0.05) is 17.2 Å². The maximum absolute atomic E-state index is 13.2. The Hall–Kier alpha value is -2.70. The van der Waals surface area contributed by atoms with Gasteiger partial charge in [-0.15, -0.1) is 0 Å². The van der Waals surface area contributed by atoms with Crippen LogP contribution in [0.3, 0.4) is 0 Å². The Kier molecular flexibility index (Phi) is 3.99. The maximum atomic E-state index is 13.2. The minimum atomic E-state index is -0.908. The number of hydrogen-bond donors (Lipinski definition) is 2. The van der Waals surface area contributed by atoms with Gasteiger partial charge < -0.3 is 10.0 Å². The number of amides is 1. The van der Waals surface area contributed by atoms with Crippen molar-refractivity contribution >= 4 is 11.9 Å². The molecule has 2 N–H and O–H groups in total. The molecule has 1 aromatic heterocycles. The third kappa shape index (κ3) is 2.79. The molecule has 0 bridgehead atoms. The zero-order chi connectivity index (χ0) is 17.4. The number of carbonyl (C=O) groups excluding carboxylic acids is 1. The van der Waals surface area contributed by atoms with E-state index in [0.29, 0.717) is 23.7 Å². The number of benzene rings is 1. The fraction of sp³-hybridized carbons (Fsp3) is 0.444. The highest BCUT2D eigenvalue weighted by Gasteiger charge is 2.47. The van der Waals surface area contributed by atoms with Crippen LogP contribution >= 0.6 is 0 Å². The van der Waals surface area contributed by atoms with Gasteiger partial charge in [0.1, 0.15) is 12.4 Å². The number of carbonyl (C=O) groups is 2. The van der Waals surface area contributed by atoms with E-state index < -0.39 is 12.0 Å². The van der Waals surface area contributed by atoms with Crippen LogP contribution in [0.5, 0.6) is 0 Å². The number of aliphatic carboxylic acids is 1. The second kappa shape index (κ2) is 6.31. The van der Waals surface area contributed by atoms with Crippen molar-refractivity contribution in [3.05, 3.63) is 36.2 Å². The molecule has 4 rings (SSSR count). The molecule has 3 atom stereocenters. The van der Waals surface area contributed by atoms with Crippen molar-refractivity contribution in [2.75, 3.05) is 0 Å². The topological polar surface area (TPSA) is 99.2 Å². The summed E-state index contributed by atoms with van der Waals surface area (Å²) in [5.74, 6) is -0.227. The highest BCUT2D eigenvalue weighted by atomic mass is 16.4. The van der Waals surface area contributed by atoms with Gasteiger partial charge in [0.25, 0.3) is 5.91 Å². The Bertz CT molecular complexity index is 789. The zero-order valence-electron chi connectivity index (χ0n) is 13.8. The molecule has 25 heavy (non-hydrogen) atoms. The lowest BCUT2D eigenvalue weighted by Gasteiger charge is -2.33. The third-order valence-electron chi connectivity index (χ3n) is 5.41. The van der Waals surface area contributed by atoms with Crippen LogP contribution in [0.2, 0.25) is 0 Å². The van der Waals surface area contributed by atoms with Crippen LogP contribution in [0, 0.1) is 5.92 Å². The SMILES string of the molecule is O=C(O)C1CC2CCCCC2N1C(=O)c1cccc(-c2ncn[nH]2)c1. The van der Waals surface area contributed by atoms with E-state index >= 15 is 0 Å². The number of aromatic nitrogens is 3. The Morgan fingerprint density at radius 2 is 2.08 bits per heavy atom. The number of fused-ring (bicyclic) bond motifs is 1. The number of likely N-dealkylation sites (tertiary alicyclic amines) is 1. The molecular formula is C18H20N4O3. The van der Waals surface area contributed by atoms with Crippen molar-refractivity contribution in [3.63, 3.8) is 0 Å². The van der Waals surface area contributed by atoms with Gasteiger partial charge in [-0.25, -0.2) is 9.78 Å². The van der Waals surface area contributed by atoms with Gasteiger partial charge in [-0.3, -0.25) is 9.89 Å². The summed E-state index contributed by atoms with van der Waals surface area (Å²) in [6.45, 7) is 0. The molecular weight excluding hydrogens is 320 g/mol. The molecule has 7 heteroatoms. The smallest absolute Gasteiger partial charge is 0.326 e. The van der Waals surface area contributed by atoms with E-state index in [1.165, 1.54) is 6.33 Å². The first-order valence-electron chi connectivity index (χ1n) is 8.66. The van der Waals surface area contributed by atoms with E-state index in [-0.39, 0.29) is 11.9 Å². The van der Waals surface area contributed by atoms with Crippen molar-refractivity contribution in [1.29, 1.82) is 0 Å². The van der Waals surface area contributed by atoms with Crippen LogP contribution in [-0.4, -0.2) is 49.1 Å². The summed E-state index contributed by atoms with van der Waals surface area (Å²) >= 11 is 0. The van der Waals surface area contributed by atoms with Crippen LogP contribution in [-0.2, 0) is 4.79 Å². The van der Waals surface area contributed by atoms with E-state index in [4.69, 9.17) is 0 Å². The quantitative estimate of drug-likeness (QED) is 0.893. The van der Waals surface area contributed by atoms with Crippen LogP contribution in [0.4, 0.5) is 0 Å². The lowest BCUT2D eigenvalue weighted by molar-refractivity contribution is -0.141. The lowest BCUT2D eigenvalue weighted by Crippen LogP contribution is -2.46. The molecule has 3 unspecified atom stereocenters. The summed E-state index contributed by atoms with van der Waals surface area (Å²) in [4.78, 5) is 30.6. The third-order valence-corrected chi connectivity index (χ3v) is 5.41. The molecule has 0 radical (unpaired) electrons. The first-order valence-corrected chi connectivity index (χ1v) is 8.66. The number of aromatic amines is 1. The van der Waals surface area contributed by atoms with Gasteiger partial charge in [0.15, 0.2) is 5.82 Å². The summed E-state index contributed by atoms with van der Waals surface area (Å²) in [6, 6.07) is 6.43. The summed E-state index contributed by atoms with van der Waals surface area (Å²) < 4.78 is 0. The molecule has 1 aliphatic heterocycles. The minimum absolute atomic E-state index is 0.0382. The highest BCUT2D eigenvalue weighted by molar-refractivity contribution is 5.98. The van der Waals surface area contributed by atoms with Crippen LogP contribution < -0.4 is 0 Å². The predicted octanol–water partition coefficient (Wildman–Crippen LogP) is 2.33. The Morgan fingerprint density at radius 1 is 1.24 bits per heavy atom. The zero-order valence-corrected chi connectivity index (χ0v) is 13.8. The molecule has 0 spiro atoms. The molecule has 1 aliphatic carbocycles. The van der Waals surface area contributed by atoms with Crippen molar-refractivity contribution in [3.8, 4) is 11.4 Å². The molecule has 7 nitrogen and oxygen atoms in total. The van der Waals surface area contributed by atoms with E-state index in [2.05, 4.69) is 15.2 Å². The van der Waals surface area contributed by atoms with Crippen molar-refractivity contribution in [2.45, 2.75) is 44.2 Å². The Morgan fingerprint density at radius 3 is 2.84 bits per heavy atom. The normalized spacial score (nSPS) is 25.6. The number of H-pyrrole nitrogens is 1. The summed E-state index contributed by atoms with van der Waals surface area (Å²) in [6.07, 6.45) is 6.05. The van der Waals surface area contributed by atoms with Crippen LogP contribution in [0.15, 0.2) is 30.6 Å². The van der Waals surface area contributed by atoms with Gasteiger partial charge in [0.2, 0.25) is 0 Å². The van der Waals surface area contributed by atoms with Gasteiger partial charge in [0.05, 0.1) is 0 Å². The number of rotatable bonds is 3. The molecule has 1 aromatic carbocycles. The Labute approximate surface area is 145 Å². The fourth-order valence-electron chi connectivity index (χ4n) is 4.27. The van der Waals surface area contributed by atoms with Crippen LogP contribution in [0.1, 0.15) is 42.5 Å². The summed E-state index contributed by atoms with van der Waals surface area (Å²) in [7, 11) is 0. The predicted molar refractivity (Wildman–Crippen MR) is 89.8 cm³/mol. The maximum Gasteiger partial charge on any atom is 0.326 e. The highest BCUT2D eigenvalue weighted by Crippen LogP contribution is 2.40. The standard InChI is InChI=1S/C18H20N4O3/c23-17(13-6-3-5-12(8-13)16-19-10-20-21-16)22-14-7-2-1-4-11(14)9-15(22)18(24)25/h3,5-6,8,10-11,14-15H,1-2,4,7,9H2,(H,24,25)(H,19,20,21). The van der Waals surface area contributed by atoms with Gasteiger partial charge in [-0.2, -0.15) is 5.10 Å². The second-order valence-corrected chi connectivity index (χ2v) is 6.83. The van der Waals surface area contributed by atoms with Crippen molar-refractivity contribution in [1.82, 2.24) is 20.1 Å². The summed E-state index contributed by atoms with van der Waals surface area (Å²) in [5.41, 5.74) is 1.25. The molecule has 2 fully saturated rings. The molecule has 2 aromatic rings. The van der Waals surface area contributed by atoms with Gasteiger partial charge in [-0.1, -0.05) is 25.0 Å². The van der Waals surface area contributed by atoms with E-state index in [0.717, 1.165) is 31.2 Å². The molecule has 1 amide bonds. The van der Waals surface area contributed by atoms with Gasteiger partial charge >= 0.3 is 5.97 Å². The number of hydrogen-bond acceptors (Lipinski definition) is 4. The molecule has 2 aliphatic rings. The molecule has 1 saturated heterocycles. The Balaban J connectivity index is 1.67. The fourth-order valence-corrected chi connectivity index (χ4v) is 4.27. The van der Waals surface area contributed by atoms with Crippen molar-refractivity contribution in [2.24, 2.45) is 5.92 Å². The summed E-state index contributed by atoms with van der Waals surface area (Å²) in [5, 5.41) is 16.2. The second-order valence-electron chi connectivity index (χ2n) is 6.83. The number of carboxylic acids is 1. The largest absolute Gasteiger partial charge is 0.480 e. The first kappa shape index (κ1) is 15.8. The van der Waals surface area contributed by atoms with Gasteiger partial charge in [-0.05, 0) is 37.3 Å². The number of carboxylic acid groups (broad SMARTS) is 1. The molecule has 2 heterocycles. The minimum Gasteiger partial charge on any atom is -0.480 e. The van der Waals surface area contributed by atoms with E-state index in [1.807, 2.05) is 6.07 Å². The average Bonchev–Trinajstić information content (AvgIpc) is 3.29. The monoisotopic (exact) mass is 340 g/mol. The van der Waals surface area contributed by atoms with E-state index in [1.54, 1.807) is 23.1 Å². The number of nitrogens with zero attached hydrogens (tertiary/aromatic N) is 3. The van der Waals surface area contributed by atoms with Crippen molar-refractivity contribution < 1.29 is 14.7 Å². The number of nitrogens with one attached hydrogen (secondary N) is 1.